The number of aryl methyl sites for hydroxylation is 1. The lowest BCUT2D eigenvalue weighted by Gasteiger charge is -2.07. The zero-order chi connectivity index (χ0) is 17.0. The zero-order valence-corrected chi connectivity index (χ0v) is 14.1. The van der Waals surface area contributed by atoms with Crippen LogP contribution in [-0.2, 0) is 11.3 Å². The van der Waals surface area contributed by atoms with Gasteiger partial charge in [-0.05, 0) is 38.0 Å². The summed E-state index contributed by atoms with van der Waals surface area (Å²) in [5, 5.41) is 3.40. The van der Waals surface area contributed by atoms with Gasteiger partial charge in [0.05, 0.1) is 12.2 Å². The molecule has 0 aliphatic carbocycles. The van der Waals surface area contributed by atoms with Crippen molar-refractivity contribution in [1.29, 1.82) is 0 Å². The molecule has 122 valence electrons. The number of hydrogen-bond donors (Lipinski definition) is 2. The Morgan fingerprint density at radius 3 is 2.61 bits per heavy atom. The first-order valence-electron chi connectivity index (χ1n) is 7.33. The number of H-pyrrole nitrogens is 1. The predicted octanol–water partition coefficient (Wildman–Crippen LogP) is 3.39. The second-order valence-electron chi connectivity index (χ2n) is 5.12. The third-order valence-electron chi connectivity index (χ3n) is 3.54. The highest BCUT2D eigenvalue weighted by atomic mass is 35.5. The van der Waals surface area contributed by atoms with Crippen LogP contribution in [0.5, 0.6) is 0 Å². The van der Waals surface area contributed by atoms with E-state index in [1.807, 2.05) is 18.2 Å². The highest BCUT2D eigenvalue weighted by Gasteiger charge is 2.22. The molecule has 1 aromatic heterocycles. The third-order valence-corrected chi connectivity index (χ3v) is 3.91. The lowest BCUT2D eigenvalue weighted by molar-refractivity contribution is 0.0525. The Hall–Kier alpha value is -2.27. The number of carbonyl (C=O) groups excluding carboxylic acids is 2. The maximum absolute atomic E-state index is 12.4. The molecule has 0 atom stereocenters. The van der Waals surface area contributed by atoms with Crippen molar-refractivity contribution in [3.8, 4) is 0 Å². The fourth-order valence-electron chi connectivity index (χ4n) is 2.39. The number of carbonyl (C=O) groups is 2. The minimum absolute atomic E-state index is 0.289. The summed E-state index contributed by atoms with van der Waals surface area (Å²) in [6.45, 7) is 5.80. The number of nitrogens with one attached hydrogen (secondary N) is 2. The van der Waals surface area contributed by atoms with Gasteiger partial charge < -0.3 is 15.0 Å². The Balaban J connectivity index is 2.16. The molecule has 2 rings (SSSR count). The summed E-state index contributed by atoms with van der Waals surface area (Å²) in [4.78, 5) is 27.3. The van der Waals surface area contributed by atoms with Gasteiger partial charge in [0.2, 0.25) is 0 Å². The molecular weight excluding hydrogens is 316 g/mol. The first kappa shape index (κ1) is 17.1. The van der Waals surface area contributed by atoms with Crippen LogP contribution in [0.2, 0.25) is 5.02 Å². The minimum atomic E-state index is -0.427. The number of benzene rings is 1. The van der Waals surface area contributed by atoms with Gasteiger partial charge in [-0.25, -0.2) is 4.79 Å². The van der Waals surface area contributed by atoms with E-state index >= 15 is 0 Å². The van der Waals surface area contributed by atoms with Crippen LogP contribution in [0.25, 0.3) is 0 Å². The van der Waals surface area contributed by atoms with Crippen molar-refractivity contribution in [2.45, 2.75) is 27.3 Å². The van der Waals surface area contributed by atoms with Crippen LogP contribution in [0.1, 0.15) is 44.6 Å². The molecule has 1 heterocycles. The standard InChI is InChI=1S/C17H19ClN2O3/c1-4-23-17(22)14-10(2)15(20-11(14)3)16(21)19-9-12-7-5-6-8-13(12)18/h5-8,20H,4,9H2,1-3H3,(H,19,21). The van der Waals surface area contributed by atoms with Crippen LogP contribution in [0.4, 0.5) is 0 Å². The fourth-order valence-corrected chi connectivity index (χ4v) is 2.59. The Kier molecular flexibility index (Phi) is 5.45. The highest BCUT2D eigenvalue weighted by Crippen LogP contribution is 2.20. The van der Waals surface area contributed by atoms with Crippen molar-refractivity contribution >= 4 is 23.5 Å². The van der Waals surface area contributed by atoms with Crippen molar-refractivity contribution in [3.05, 3.63) is 57.4 Å². The highest BCUT2D eigenvalue weighted by molar-refractivity contribution is 6.31. The summed E-state index contributed by atoms with van der Waals surface area (Å²) in [6, 6.07) is 7.31. The SMILES string of the molecule is CCOC(=O)c1c(C)[nH]c(C(=O)NCc2ccccc2Cl)c1C. The monoisotopic (exact) mass is 334 g/mol. The third kappa shape index (κ3) is 3.74. The van der Waals surface area contributed by atoms with Gasteiger partial charge in [-0.2, -0.15) is 0 Å². The second-order valence-corrected chi connectivity index (χ2v) is 5.53. The smallest absolute Gasteiger partial charge is 0.340 e. The molecule has 6 heteroatoms. The second kappa shape index (κ2) is 7.33. The molecule has 2 N–H and O–H groups in total. The number of amides is 1. The van der Waals surface area contributed by atoms with Crippen LogP contribution in [-0.4, -0.2) is 23.5 Å². The number of ether oxygens (including phenoxy) is 1. The van der Waals surface area contributed by atoms with Crippen LogP contribution in [0, 0.1) is 13.8 Å². The topological polar surface area (TPSA) is 71.2 Å². The van der Waals surface area contributed by atoms with Crippen molar-refractivity contribution in [2.24, 2.45) is 0 Å². The summed E-state index contributed by atoms with van der Waals surface area (Å²) >= 11 is 6.07. The van der Waals surface area contributed by atoms with E-state index in [1.54, 1.807) is 26.8 Å². The van der Waals surface area contributed by atoms with Gasteiger partial charge in [-0.1, -0.05) is 29.8 Å². The quantitative estimate of drug-likeness (QED) is 0.823. The molecule has 5 nitrogen and oxygen atoms in total. The van der Waals surface area contributed by atoms with Gasteiger partial charge in [0.25, 0.3) is 5.91 Å². The first-order valence-corrected chi connectivity index (χ1v) is 7.71. The van der Waals surface area contributed by atoms with Crippen LogP contribution in [0.3, 0.4) is 0 Å². The van der Waals surface area contributed by atoms with Crippen molar-refractivity contribution in [1.82, 2.24) is 10.3 Å². The zero-order valence-electron chi connectivity index (χ0n) is 13.3. The molecule has 0 saturated carbocycles. The Labute approximate surface area is 140 Å². The summed E-state index contributed by atoms with van der Waals surface area (Å²) in [6.07, 6.45) is 0. The average Bonchev–Trinajstić information content (AvgIpc) is 2.81. The number of aromatic nitrogens is 1. The van der Waals surface area contributed by atoms with Crippen LogP contribution in [0.15, 0.2) is 24.3 Å². The van der Waals surface area contributed by atoms with E-state index in [2.05, 4.69) is 10.3 Å². The Morgan fingerprint density at radius 1 is 1.26 bits per heavy atom. The van der Waals surface area contributed by atoms with E-state index in [-0.39, 0.29) is 12.5 Å². The van der Waals surface area contributed by atoms with Crippen molar-refractivity contribution in [2.75, 3.05) is 6.61 Å². The predicted molar refractivity (Wildman–Crippen MR) is 88.8 cm³/mol. The van der Waals surface area contributed by atoms with E-state index in [0.29, 0.717) is 34.1 Å². The Morgan fingerprint density at radius 2 is 1.96 bits per heavy atom. The van der Waals surface area contributed by atoms with Crippen LogP contribution < -0.4 is 5.32 Å². The van der Waals surface area contributed by atoms with Crippen molar-refractivity contribution < 1.29 is 14.3 Å². The molecule has 0 saturated heterocycles. The molecule has 23 heavy (non-hydrogen) atoms. The van der Waals surface area contributed by atoms with Gasteiger partial charge in [0.15, 0.2) is 0 Å². The molecule has 1 amide bonds. The first-order chi connectivity index (χ1) is 11.0. The van der Waals surface area contributed by atoms with Gasteiger partial charge in [0.1, 0.15) is 5.69 Å². The molecule has 0 radical (unpaired) electrons. The number of rotatable bonds is 5. The summed E-state index contributed by atoms with van der Waals surface area (Å²) in [5.74, 6) is -0.718. The van der Waals surface area contributed by atoms with E-state index in [1.165, 1.54) is 0 Å². The van der Waals surface area contributed by atoms with E-state index in [0.717, 1.165) is 5.56 Å². The van der Waals surface area contributed by atoms with Gasteiger partial charge in [-0.15, -0.1) is 0 Å². The minimum Gasteiger partial charge on any atom is -0.462 e. The van der Waals surface area contributed by atoms with Gasteiger partial charge in [0, 0.05) is 17.3 Å². The lowest BCUT2D eigenvalue weighted by Crippen LogP contribution is -2.24. The molecule has 0 aliphatic heterocycles. The maximum Gasteiger partial charge on any atom is 0.340 e. The molecule has 0 fully saturated rings. The lowest BCUT2D eigenvalue weighted by atomic mass is 10.1. The summed E-state index contributed by atoms with van der Waals surface area (Å²) < 4.78 is 5.02. The van der Waals surface area contributed by atoms with Gasteiger partial charge in [-0.3, -0.25) is 4.79 Å². The molecule has 0 aliphatic rings. The Bertz CT molecular complexity index is 737. The molecule has 1 aromatic carbocycles. The molecule has 2 aromatic rings. The van der Waals surface area contributed by atoms with E-state index in [4.69, 9.17) is 16.3 Å². The molecular formula is C17H19ClN2O3. The molecule has 0 unspecified atom stereocenters. The fraction of sp³-hybridized carbons (Fsp3) is 0.294. The average molecular weight is 335 g/mol. The van der Waals surface area contributed by atoms with Gasteiger partial charge >= 0.3 is 5.97 Å². The summed E-state index contributed by atoms with van der Waals surface area (Å²) in [5.41, 5.74) is 2.79. The number of aromatic amines is 1. The van der Waals surface area contributed by atoms with E-state index in [9.17, 15) is 9.59 Å². The van der Waals surface area contributed by atoms with Crippen LogP contribution >= 0.6 is 11.6 Å². The van der Waals surface area contributed by atoms with E-state index < -0.39 is 5.97 Å². The largest absolute Gasteiger partial charge is 0.462 e. The number of hydrogen-bond acceptors (Lipinski definition) is 3. The number of halogens is 1. The molecule has 0 bridgehead atoms. The maximum atomic E-state index is 12.4. The number of esters is 1. The van der Waals surface area contributed by atoms with Crippen molar-refractivity contribution in [3.63, 3.8) is 0 Å². The molecule has 0 spiro atoms. The normalized spacial score (nSPS) is 10.4. The summed E-state index contributed by atoms with van der Waals surface area (Å²) in [7, 11) is 0.